The zero-order chi connectivity index (χ0) is 8.69. The van der Waals surface area contributed by atoms with Gasteiger partial charge in [0.1, 0.15) is 6.29 Å². The number of carbonyl (C=O) groups excluding carboxylic acids is 2. The van der Waals surface area contributed by atoms with E-state index >= 15 is 0 Å². The van der Waals surface area contributed by atoms with Crippen LogP contribution in [-0.4, -0.2) is 31.6 Å². The molecule has 3 nitrogen and oxygen atoms in total. The quantitative estimate of drug-likeness (QED) is 0.333. The maximum absolute atomic E-state index is 10.3. The minimum atomic E-state index is 0.474. The summed E-state index contributed by atoms with van der Waals surface area (Å²) in [6.07, 6.45) is 5.70. The lowest BCUT2D eigenvalue weighted by Gasteiger charge is -2.03. The Bertz CT molecular complexity index is 192. The fraction of sp³-hybridized carbons (Fsp3) is 0.250. The van der Waals surface area contributed by atoms with Gasteiger partial charge in [0.2, 0.25) is 0 Å². The molecule has 60 valence electrons. The first-order chi connectivity index (χ1) is 5.20. The molecule has 0 aromatic heterocycles. The van der Waals surface area contributed by atoms with Gasteiger partial charge >= 0.3 is 0 Å². The molecule has 0 rings (SSSR count). The lowest BCUT2D eigenvalue weighted by molar-refractivity contribution is -0.104. The smallest absolute Gasteiger partial charge is 0.151 e. The summed E-state index contributed by atoms with van der Waals surface area (Å²) in [5.41, 5.74) is 0.474. The number of hydrogen-bond donors (Lipinski definition) is 0. The molecule has 0 heterocycles. The topological polar surface area (TPSA) is 37.4 Å². The molecule has 0 atom stereocenters. The Labute approximate surface area is 66.0 Å². The summed E-state index contributed by atoms with van der Waals surface area (Å²) in [4.78, 5) is 21.9. The summed E-state index contributed by atoms with van der Waals surface area (Å²) in [7, 11) is 3.61. The van der Waals surface area contributed by atoms with E-state index < -0.39 is 0 Å². The third-order valence-electron chi connectivity index (χ3n) is 0.911. The van der Waals surface area contributed by atoms with E-state index in [1.807, 2.05) is 0 Å². The van der Waals surface area contributed by atoms with Crippen LogP contribution in [-0.2, 0) is 9.59 Å². The first-order valence-corrected chi connectivity index (χ1v) is 3.16. The van der Waals surface area contributed by atoms with E-state index in [0.29, 0.717) is 18.1 Å². The summed E-state index contributed by atoms with van der Waals surface area (Å²) in [5, 5.41) is 0. The third kappa shape index (κ3) is 5.08. The Morgan fingerprint density at radius 3 is 2.27 bits per heavy atom. The molecule has 0 aliphatic rings. The van der Waals surface area contributed by atoms with Gasteiger partial charge in [0.05, 0.1) is 0 Å². The van der Waals surface area contributed by atoms with Gasteiger partial charge in [-0.3, -0.25) is 9.59 Å². The predicted molar refractivity (Wildman–Crippen MR) is 43.0 cm³/mol. The summed E-state index contributed by atoms with van der Waals surface area (Å²) >= 11 is 0. The molecule has 0 unspecified atom stereocenters. The lowest BCUT2D eigenvalue weighted by atomic mass is 10.3. The highest BCUT2D eigenvalue weighted by Gasteiger charge is 1.87. The van der Waals surface area contributed by atoms with Gasteiger partial charge in [-0.1, -0.05) is 0 Å². The van der Waals surface area contributed by atoms with E-state index in [1.165, 1.54) is 12.2 Å². The first-order valence-electron chi connectivity index (χ1n) is 3.16. The van der Waals surface area contributed by atoms with Crippen LogP contribution in [0, 0.1) is 0 Å². The molecule has 0 aliphatic carbocycles. The molecule has 3 heteroatoms. The molecule has 0 amide bonds. The van der Waals surface area contributed by atoms with E-state index in [0.717, 1.165) is 0 Å². The molecule has 11 heavy (non-hydrogen) atoms. The van der Waals surface area contributed by atoms with E-state index in [1.54, 1.807) is 25.2 Å². The number of allylic oxidation sites excluding steroid dienone is 3. The average Bonchev–Trinajstić information content (AvgIpc) is 1.97. The lowest BCUT2D eigenvalue weighted by Crippen LogP contribution is -2.02. The monoisotopic (exact) mass is 153 g/mol. The summed E-state index contributed by atoms with van der Waals surface area (Å²) in [6, 6.07) is 0. The van der Waals surface area contributed by atoms with Crippen LogP contribution in [0.25, 0.3) is 0 Å². The van der Waals surface area contributed by atoms with E-state index in [9.17, 15) is 9.59 Å². The molecule has 0 aromatic carbocycles. The maximum Gasteiger partial charge on any atom is 0.151 e. The molecule has 0 N–H and O–H groups in total. The third-order valence-corrected chi connectivity index (χ3v) is 0.911. The summed E-state index contributed by atoms with van der Waals surface area (Å²) < 4.78 is 0. The largest absolute Gasteiger partial charge is 0.383 e. The predicted octanol–water partition coefficient (Wildman–Crippen LogP) is 0.386. The van der Waals surface area contributed by atoms with Gasteiger partial charge in [-0.2, -0.15) is 0 Å². The van der Waals surface area contributed by atoms with Gasteiger partial charge in [-0.25, -0.2) is 0 Å². The van der Waals surface area contributed by atoms with Gasteiger partial charge in [0.15, 0.2) is 6.29 Å². The first kappa shape index (κ1) is 9.62. The van der Waals surface area contributed by atoms with E-state index in [-0.39, 0.29) is 0 Å². The summed E-state index contributed by atoms with van der Waals surface area (Å²) in [5.74, 6) is 0. The molecule has 0 aromatic rings. The van der Waals surface area contributed by atoms with Crippen molar-refractivity contribution in [3.63, 3.8) is 0 Å². The van der Waals surface area contributed by atoms with Gasteiger partial charge < -0.3 is 4.90 Å². The molecule has 0 bridgehead atoms. The second-order valence-electron chi connectivity index (χ2n) is 2.21. The molecule has 0 spiro atoms. The van der Waals surface area contributed by atoms with Crippen LogP contribution in [0.4, 0.5) is 0 Å². The molecule has 0 saturated heterocycles. The van der Waals surface area contributed by atoms with Crippen molar-refractivity contribution < 1.29 is 9.59 Å². The molecule has 0 fully saturated rings. The number of aldehydes is 2. The zero-order valence-electron chi connectivity index (χ0n) is 6.65. The van der Waals surface area contributed by atoms with Gasteiger partial charge in [-0.15, -0.1) is 0 Å². The van der Waals surface area contributed by atoms with E-state index in [2.05, 4.69) is 0 Å². The Morgan fingerprint density at radius 1 is 1.27 bits per heavy atom. The molecular weight excluding hydrogens is 142 g/mol. The van der Waals surface area contributed by atoms with Crippen LogP contribution in [0.5, 0.6) is 0 Å². The van der Waals surface area contributed by atoms with Crippen LogP contribution in [0.2, 0.25) is 0 Å². The van der Waals surface area contributed by atoms with Gasteiger partial charge in [0, 0.05) is 25.9 Å². The van der Waals surface area contributed by atoms with Crippen molar-refractivity contribution in [2.24, 2.45) is 0 Å². The van der Waals surface area contributed by atoms with Crippen LogP contribution in [0.3, 0.4) is 0 Å². The normalized spacial score (nSPS) is 11.6. The maximum atomic E-state index is 10.3. The SMILES string of the molecule is CN(C)/C=C(C=O)\C=C/C=O. The van der Waals surface area contributed by atoms with Crippen molar-refractivity contribution in [1.82, 2.24) is 4.90 Å². The van der Waals surface area contributed by atoms with Crippen molar-refractivity contribution in [3.8, 4) is 0 Å². The van der Waals surface area contributed by atoms with E-state index in [4.69, 9.17) is 0 Å². The van der Waals surface area contributed by atoms with Crippen LogP contribution < -0.4 is 0 Å². The molecule has 0 aliphatic heterocycles. The Morgan fingerprint density at radius 2 is 1.91 bits per heavy atom. The number of nitrogens with zero attached hydrogens (tertiary/aromatic N) is 1. The minimum Gasteiger partial charge on any atom is -0.383 e. The van der Waals surface area contributed by atoms with Crippen LogP contribution in [0.15, 0.2) is 23.9 Å². The number of rotatable bonds is 4. The Balaban J connectivity index is 4.27. The van der Waals surface area contributed by atoms with Gasteiger partial charge in [0.25, 0.3) is 0 Å². The minimum absolute atomic E-state index is 0.474. The van der Waals surface area contributed by atoms with Crippen molar-refractivity contribution in [2.75, 3.05) is 14.1 Å². The second-order valence-corrected chi connectivity index (χ2v) is 2.21. The highest BCUT2D eigenvalue weighted by Crippen LogP contribution is 1.92. The molecule has 0 saturated carbocycles. The van der Waals surface area contributed by atoms with Gasteiger partial charge in [-0.05, 0) is 12.2 Å². The van der Waals surface area contributed by atoms with Crippen molar-refractivity contribution in [2.45, 2.75) is 0 Å². The summed E-state index contributed by atoms with van der Waals surface area (Å²) in [6.45, 7) is 0. The fourth-order valence-electron chi connectivity index (χ4n) is 0.561. The fourth-order valence-corrected chi connectivity index (χ4v) is 0.561. The highest BCUT2D eigenvalue weighted by molar-refractivity contribution is 5.79. The van der Waals surface area contributed by atoms with Crippen LogP contribution in [0.1, 0.15) is 0 Å². The Hall–Kier alpha value is -1.38. The number of hydrogen-bond acceptors (Lipinski definition) is 3. The molecule has 0 radical (unpaired) electrons. The van der Waals surface area contributed by atoms with Crippen molar-refractivity contribution in [1.29, 1.82) is 0 Å². The standard InChI is InChI=1S/C8H11NO2/c1-9(2)6-8(7-11)4-3-5-10/h3-7H,1-2H3/b4-3-,8-6+. The highest BCUT2D eigenvalue weighted by atomic mass is 16.1. The molecular formula is C8H11NO2. The Kier molecular flexibility index (Phi) is 4.73. The van der Waals surface area contributed by atoms with Crippen molar-refractivity contribution >= 4 is 12.6 Å². The average molecular weight is 153 g/mol. The second kappa shape index (κ2) is 5.41. The number of carbonyl (C=O) groups is 2. The van der Waals surface area contributed by atoms with Crippen LogP contribution >= 0.6 is 0 Å². The van der Waals surface area contributed by atoms with Crippen molar-refractivity contribution in [3.05, 3.63) is 23.9 Å². The zero-order valence-corrected chi connectivity index (χ0v) is 6.65.